The number of thiocarbonyl (C=S) groups is 1. The molecule has 0 radical (unpaired) electrons. The van der Waals surface area contributed by atoms with E-state index in [1.165, 1.54) is 0 Å². The van der Waals surface area contributed by atoms with Gasteiger partial charge in [-0.25, -0.2) is 0 Å². The maximum atomic E-state index is 5.96. The minimum atomic E-state index is 0.485. The summed E-state index contributed by atoms with van der Waals surface area (Å²) in [6.45, 7) is 2.01. The fraction of sp³-hybridized carbons (Fsp3) is 0.0714. The van der Waals surface area contributed by atoms with Gasteiger partial charge in [0.25, 0.3) is 0 Å². The van der Waals surface area contributed by atoms with Crippen LogP contribution in [0.25, 0.3) is 0 Å². The molecule has 6 heteroatoms. The van der Waals surface area contributed by atoms with E-state index in [1.807, 2.05) is 31.2 Å². The van der Waals surface area contributed by atoms with Crippen LogP contribution in [-0.4, -0.2) is 5.11 Å². The van der Waals surface area contributed by atoms with E-state index in [4.69, 9.17) is 35.4 Å². The number of benzene rings is 2. The first-order chi connectivity index (χ1) is 9.45. The lowest BCUT2D eigenvalue weighted by Gasteiger charge is -2.13. The van der Waals surface area contributed by atoms with Gasteiger partial charge in [-0.2, -0.15) is 0 Å². The van der Waals surface area contributed by atoms with Gasteiger partial charge in [0, 0.05) is 15.8 Å². The Morgan fingerprint density at radius 2 is 1.80 bits per heavy atom. The third-order valence-electron chi connectivity index (χ3n) is 2.61. The lowest BCUT2D eigenvalue weighted by atomic mass is 10.2. The smallest absolute Gasteiger partial charge is 0.175 e. The average molecular weight is 390 g/mol. The summed E-state index contributed by atoms with van der Waals surface area (Å²) >= 11 is 20.5. The van der Waals surface area contributed by atoms with Crippen LogP contribution in [0.15, 0.2) is 40.9 Å². The van der Waals surface area contributed by atoms with Crippen LogP contribution in [0.3, 0.4) is 0 Å². The number of hydrogen-bond donors (Lipinski definition) is 2. The number of nitrogens with one attached hydrogen (secondary N) is 2. The van der Waals surface area contributed by atoms with Crippen molar-refractivity contribution in [1.82, 2.24) is 0 Å². The second kappa shape index (κ2) is 6.76. The van der Waals surface area contributed by atoms with Crippen LogP contribution in [0.4, 0.5) is 11.4 Å². The van der Waals surface area contributed by atoms with Crippen molar-refractivity contribution in [3.8, 4) is 0 Å². The molecule has 2 nitrogen and oxygen atoms in total. The van der Waals surface area contributed by atoms with Crippen molar-refractivity contribution >= 4 is 67.8 Å². The van der Waals surface area contributed by atoms with E-state index < -0.39 is 0 Å². The van der Waals surface area contributed by atoms with Gasteiger partial charge in [-0.3, -0.25) is 0 Å². The predicted octanol–water partition coefficient (Wildman–Crippen LogP) is 5.87. The van der Waals surface area contributed by atoms with Crippen molar-refractivity contribution in [3.63, 3.8) is 0 Å². The van der Waals surface area contributed by atoms with Crippen molar-refractivity contribution in [2.24, 2.45) is 0 Å². The average Bonchev–Trinajstić information content (AvgIpc) is 2.37. The Hall–Kier alpha value is -0.810. The zero-order chi connectivity index (χ0) is 14.7. The van der Waals surface area contributed by atoms with Crippen molar-refractivity contribution in [1.29, 1.82) is 0 Å². The zero-order valence-corrected chi connectivity index (χ0v) is 14.4. The molecule has 0 aliphatic carbocycles. The van der Waals surface area contributed by atoms with E-state index in [9.17, 15) is 0 Å². The second-order valence-electron chi connectivity index (χ2n) is 4.17. The van der Waals surface area contributed by atoms with Gasteiger partial charge in [0.1, 0.15) is 0 Å². The first-order valence-electron chi connectivity index (χ1n) is 5.75. The van der Waals surface area contributed by atoms with Gasteiger partial charge in [0.2, 0.25) is 0 Å². The Bertz CT molecular complexity index is 662. The molecule has 104 valence electrons. The summed E-state index contributed by atoms with van der Waals surface area (Å²) in [6, 6.07) is 11.2. The summed E-state index contributed by atoms with van der Waals surface area (Å²) in [5.74, 6) is 0. The monoisotopic (exact) mass is 388 g/mol. The Kier molecular flexibility index (Phi) is 5.27. The van der Waals surface area contributed by atoms with Crippen LogP contribution in [0.5, 0.6) is 0 Å². The quantitative estimate of drug-likeness (QED) is 0.627. The molecule has 0 unspecified atom stereocenters. The van der Waals surface area contributed by atoms with Crippen molar-refractivity contribution < 1.29 is 0 Å². The van der Waals surface area contributed by atoms with Crippen LogP contribution in [0.2, 0.25) is 10.0 Å². The summed E-state index contributed by atoms with van der Waals surface area (Å²) in [7, 11) is 0. The number of aryl methyl sites for hydroxylation is 1. The van der Waals surface area contributed by atoms with E-state index in [0.717, 1.165) is 21.4 Å². The molecule has 2 N–H and O–H groups in total. The Morgan fingerprint density at radius 1 is 1.05 bits per heavy atom. The van der Waals surface area contributed by atoms with Crippen molar-refractivity contribution in [2.45, 2.75) is 6.92 Å². The fourth-order valence-corrected chi connectivity index (χ4v) is 2.63. The number of hydrogen-bond acceptors (Lipinski definition) is 1. The standard InChI is InChI=1S/C14H11BrCl2N2S/c1-8-6-9(15)2-5-13(8)19-14(20)18-10-3-4-11(16)12(17)7-10/h2-7H,1H3,(H2,18,19,20). The summed E-state index contributed by atoms with van der Waals surface area (Å²) in [5, 5.41) is 7.70. The zero-order valence-electron chi connectivity index (χ0n) is 10.5. The fourth-order valence-electron chi connectivity index (χ4n) is 1.63. The normalized spacial score (nSPS) is 10.2. The molecule has 0 saturated carbocycles. The van der Waals surface area contributed by atoms with Crippen LogP contribution >= 0.6 is 51.3 Å². The maximum absolute atomic E-state index is 5.96. The number of halogens is 3. The van der Waals surface area contributed by atoms with Crippen molar-refractivity contribution in [2.75, 3.05) is 10.6 Å². The summed E-state index contributed by atoms with van der Waals surface area (Å²) in [5.41, 5.74) is 2.83. The molecule has 0 amide bonds. The second-order valence-corrected chi connectivity index (χ2v) is 6.31. The van der Waals surface area contributed by atoms with Crippen LogP contribution in [-0.2, 0) is 0 Å². The minimum absolute atomic E-state index is 0.485. The minimum Gasteiger partial charge on any atom is -0.332 e. The molecule has 0 atom stereocenters. The molecular weight excluding hydrogens is 379 g/mol. The third-order valence-corrected chi connectivity index (χ3v) is 4.05. The van der Waals surface area contributed by atoms with Crippen LogP contribution in [0.1, 0.15) is 5.56 Å². The molecule has 0 aromatic heterocycles. The molecule has 0 aliphatic heterocycles. The predicted molar refractivity (Wildman–Crippen MR) is 95.2 cm³/mol. The molecule has 20 heavy (non-hydrogen) atoms. The molecule has 0 heterocycles. The van der Waals surface area contributed by atoms with Gasteiger partial charge in [-0.05, 0) is 61.1 Å². The molecule has 0 aliphatic rings. The number of anilines is 2. The number of rotatable bonds is 2. The SMILES string of the molecule is Cc1cc(Br)ccc1NC(=S)Nc1ccc(Cl)c(Cl)c1. The van der Waals surface area contributed by atoms with Gasteiger partial charge >= 0.3 is 0 Å². The van der Waals surface area contributed by atoms with E-state index in [-0.39, 0.29) is 0 Å². The van der Waals surface area contributed by atoms with Gasteiger partial charge in [-0.15, -0.1) is 0 Å². The van der Waals surface area contributed by atoms with Gasteiger partial charge in [0.05, 0.1) is 10.0 Å². The highest BCUT2D eigenvalue weighted by molar-refractivity contribution is 9.10. The molecule has 2 aromatic rings. The topological polar surface area (TPSA) is 24.1 Å². The molecule has 0 spiro atoms. The lowest BCUT2D eigenvalue weighted by molar-refractivity contribution is 1.44. The van der Waals surface area contributed by atoms with E-state index in [2.05, 4.69) is 26.6 Å². The van der Waals surface area contributed by atoms with E-state index in [1.54, 1.807) is 12.1 Å². The van der Waals surface area contributed by atoms with E-state index >= 15 is 0 Å². The molecular formula is C14H11BrCl2N2S. The molecule has 0 fully saturated rings. The molecule has 0 bridgehead atoms. The Morgan fingerprint density at radius 3 is 2.45 bits per heavy atom. The Balaban J connectivity index is 2.07. The highest BCUT2D eigenvalue weighted by Gasteiger charge is 2.04. The molecule has 2 rings (SSSR count). The van der Waals surface area contributed by atoms with Crippen molar-refractivity contribution in [3.05, 3.63) is 56.5 Å². The third kappa shape index (κ3) is 4.09. The van der Waals surface area contributed by atoms with Gasteiger partial charge < -0.3 is 10.6 Å². The maximum Gasteiger partial charge on any atom is 0.175 e. The summed E-state index contributed by atoms with van der Waals surface area (Å²) in [6.07, 6.45) is 0. The summed E-state index contributed by atoms with van der Waals surface area (Å²) in [4.78, 5) is 0. The first kappa shape index (κ1) is 15.6. The summed E-state index contributed by atoms with van der Waals surface area (Å²) < 4.78 is 1.03. The van der Waals surface area contributed by atoms with E-state index in [0.29, 0.717) is 15.2 Å². The largest absolute Gasteiger partial charge is 0.332 e. The Labute approximate surface area is 141 Å². The highest BCUT2D eigenvalue weighted by Crippen LogP contribution is 2.25. The highest BCUT2D eigenvalue weighted by atomic mass is 79.9. The van der Waals surface area contributed by atoms with Gasteiger partial charge in [0.15, 0.2) is 5.11 Å². The van der Waals surface area contributed by atoms with Gasteiger partial charge in [-0.1, -0.05) is 39.1 Å². The van der Waals surface area contributed by atoms with Crippen LogP contribution in [0, 0.1) is 6.92 Å². The molecule has 0 saturated heterocycles. The molecule has 2 aromatic carbocycles. The van der Waals surface area contributed by atoms with Crippen LogP contribution < -0.4 is 10.6 Å². The first-order valence-corrected chi connectivity index (χ1v) is 7.70. The lowest BCUT2D eigenvalue weighted by Crippen LogP contribution is -2.19.